The summed E-state index contributed by atoms with van der Waals surface area (Å²) in [7, 11) is 0. The minimum absolute atomic E-state index is 0.125. The second-order valence-electron chi connectivity index (χ2n) is 5.82. The average Bonchev–Trinajstić information content (AvgIpc) is 2.89. The lowest BCUT2D eigenvalue weighted by molar-refractivity contribution is -0.216. The van der Waals surface area contributed by atoms with Gasteiger partial charge in [-0.25, -0.2) is 0 Å². The lowest BCUT2D eigenvalue weighted by atomic mass is 9.81. The normalized spacial score (nSPS) is 33.7. The second-order valence-corrected chi connectivity index (χ2v) is 5.82. The first-order chi connectivity index (χ1) is 9.78. The Morgan fingerprint density at radius 3 is 2.43 bits per heavy atom. The third kappa shape index (κ3) is 3.00. The Morgan fingerprint density at radius 2 is 1.90 bits per heavy atom. The summed E-state index contributed by atoms with van der Waals surface area (Å²) in [6.07, 6.45) is -2.73. The van der Waals surface area contributed by atoms with Crippen LogP contribution in [-0.4, -0.2) is 42.3 Å². The molecule has 0 spiro atoms. The Hall–Kier alpha value is -1.31. The van der Waals surface area contributed by atoms with Crippen LogP contribution >= 0.6 is 0 Å². The number of carboxylic acid groups (broad SMARTS) is 1. The molecule has 1 saturated heterocycles. The number of carbonyl (C=O) groups is 2. The molecule has 120 valence electrons. The monoisotopic (exact) mass is 308 g/mol. The van der Waals surface area contributed by atoms with Gasteiger partial charge >= 0.3 is 12.1 Å². The molecule has 3 atom stereocenters. The SMILES string of the molecule is O=C(O)C1CCCCC1NC(=O)C1(C(F)(F)F)CCNC1. The summed E-state index contributed by atoms with van der Waals surface area (Å²) in [6.45, 7) is -0.327. The number of rotatable bonds is 3. The molecule has 2 rings (SSSR count). The summed E-state index contributed by atoms with van der Waals surface area (Å²) < 4.78 is 39.8. The highest BCUT2D eigenvalue weighted by Gasteiger charge is 2.61. The van der Waals surface area contributed by atoms with Crippen LogP contribution in [0, 0.1) is 11.3 Å². The van der Waals surface area contributed by atoms with Gasteiger partial charge in [-0.1, -0.05) is 12.8 Å². The highest BCUT2D eigenvalue weighted by atomic mass is 19.4. The van der Waals surface area contributed by atoms with Crippen LogP contribution in [0.25, 0.3) is 0 Å². The Bertz CT molecular complexity index is 419. The summed E-state index contributed by atoms with van der Waals surface area (Å²) in [5.74, 6) is -2.97. The lowest BCUT2D eigenvalue weighted by Crippen LogP contribution is -2.56. The molecule has 0 radical (unpaired) electrons. The topological polar surface area (TPSA) is 78.4 Å². The molecule has 3 N–H and O–H groups in total. The molecule has 1 aliphatic heterocycles. The predicted molar refractivity (Wildman–Crippen MR) is 67.5 cm³/mol. The van der Waals surface area contributed by atoms with E-state index in [1.54, 1.807) is 0 Å². The quantitative estimate of drug-likeness (QED) is 0.734. The zero-order valence-corrected chi connectivity index (χ0v) is 11.5. The van der Waals surface area contributed by atoms with E-state index in [-0.39, 0.29) is 13.0 Å². The van der Waals surface area contributed by atoms with Gasteiger partial charge in [-0.05, 0) is 25.8 Å². The van der Waals surface area contributed by atoms with Gasteiger partial charge in [0.15, 0.2) is 5.41 Å². The van der Waals surface area contributed by atoms with Crippen molar-refractivity contribution in [3.8, 4) is 0 Å². The van der Waals surface area contributed by atoms with Crippen LogP contribution in [-0.2, 0) is 9.59 Å². The van der Waals surface area contributed by atoms with E-state index in [1.165, 1.54) is 0 Å². The van der Waals surface area contributed by atoms with Crippen molar-refractivity contribution in [3.05, 3.63) is 0 Å². The summed E-state index contributed by atoms with van der Waals surface area (Å²) in [6, 6.07) is -0.719. The number of carboxylic acids is 1. The number of carbonyl (C=O) groups excluding carboxylic acids is 1. The molecule has 2 aliphatic rings. The molecule has 5 nitrogen and oxygen atoms in total. The fraction of sp³-hybridized carbons (Fsp3) is 0.846. The largest absolute Gasteiger partial charge is 0.481 e. The van der Waals surface area contributed by atoms with Crippen molar-refractivity contribution < 1.29 is 27.9 Å². The van der Waals surface area contributed by atoms with Crippen molar-refractivity contribution in [2.75, 3.05) is 13.1 Å². The molecular formula is C13H19F3N2O3. The maximum Gasteiger partial charge on any atom is 0.404 e. The van der Waals surface area contributed by atoms with Gasteiger partial charge in [0.05, 0.1) is 5.92 Å². The molecular weight excluding hydrogens is 289 g/mol. The third-order valence-corrected chi connectivity index (χ3v) is 4.53. The molecule has 0 aromatic carbocycles. The number of alkyl halides is 3. The smallest absolute Gasteiger partial charge is 0.404 e. The van der Waals surface area contributed by atoms with Crippen molar-refractivity contribution in [2.24, 2.45) is 11.3 Å². The number of aliphatic carboxylic acids is 1. The maximum atomic E-state index is 13.3. The highest BCUT2D eigenvalue weighted by Crippen LogP contribution is 2.43. The van der Waals surface area contributed by atoms with Crippen LogP contribution in [0.1, 0.15) is 32.1 Å². The van der Waals surface area contributed by atoms with Gasteiger partial charge in [0.1, 0.15) is 0 Å². The molecule has 0 bridgehead atoms. The molecule has 1 heterocycles. The van der Waals surface area contributed by atoms with Gasteiger partial charge in [-0.3, -0.25) is 9.59 Å². The Morgan fingerprint density at radius 1 is 1.24 bits per heavy atom. The van der Waals surface area contributed by atoms with Crippen LogP contribution in [0.15, 0.2) is 0 Å². The van der Waals surface area contributed by atoms with Gasteiger partial charge in [0, 0.05) is 12.6 Å². The van der Waals surface area contributed by atoms with Gasteiger partial charge in [0.2, 0.25) is 5.91 Å². The molecule has 1 saturated carbocycles. The van der Waals surface area contributed by atoms with Gasteiger partial charge < -0.3 is 15.7 Å². The van der Waals surface area contributed by atoms with Crippen LogP contribution < -0.4 is 10.6 Å². The predicted octanol–water partition coefficient (Wildman–Crippen LogP) is 1.29. The molecule has 3 unspecified atom stereocenters. The second kappa shape index (κ2) is 5.82. The van der Waals surface area contributed by atoms with E-state index in [1.807, 2.05) is 0 Å². The molecule has 21 heavy (non-hydrogen) atoms. The number of halogens is 3. The minimum Gasteiger partial charge on any atom is -0.481 e. The van der Waals surface area contributed by atoms with Crippen LogP contribution in [0.3, 0.4) is 0 Å². The van der Waals surface area contributed by atoms with Crippen molar-refractivity contribution in [1.82, 2.24) is 10.6 Å². The first-order valence-electron chi connectivity index (χ1n) is 7.09. The molecule has 0 aromatic rings. The average molecular weight is 308 g/mol. The van der Waals surface area contributed by atoms with Crippen LogP contribution in [0.4, 0.5) is 13.2 Å². The van der Waals surface area contributed by atoms with Gasteiger partial charge in [-0.2, -0.15) is 13.2 Å². The van der Waals surface area contributed by atoms with E-state index in [4.69, 9.17) is 5.11 Å². The molecule has 8 heteroatoms. The standard InChI is InChI=1S/C13H19F3N2O3/c14-13(15,16)12(5-6-17-7-12)11(21)18-9-4-2-1-3-8(9)10(19)20/h8-9,17H,1-7H2,(H,18,21)(H,19,20). The van der Waals surface area contributed by atoms with Gasteiger partial charge in [-0.15, -0.1) is 0 Å². The summed E-state index contributed by atoms with van der Waals surface area (Å²) in [4.78, 5) is 23.3. The zero-order valence-electron chi connectivity index (χ0n) is 11.5. The molecule has 2 fully saturated rings. The number of hydrogen-bond donors (Lipinski definition) is 3. The molecule has 0 aromatic heterocycles. The van der Waals surface area contributed by atoms with Crippen LogP contribution in [0.5, 0.6) is 0 Å². The van der Waals surface area contributed by atoms with E-state index in [0.717, 1.165) is 6.42 Å². The lowest BCUT2D eigenvalue weighted by Gasteiger charge is -2.35. The zero-order chi connectivity index (χ0) is 15.7. The van der Waals surface area contributed by atoms with E-state index in [0.29, 0.717) is 19.3 Å². The van der Waals surface area contributed by atoms with Crippen molar-refractivity contribution in [1.29, 1.82) is 0 Å². The van der Waals surface area contributed by atoms with E-state index in [2.05, 4.69) is 10.6 Å². The molecule has 1 aliphatic carbocycles. The summed E-state index contributed by atoms with van der Waals surface area (Å²) >= 11 is 0. The first kappa shape index (κ1) is 16.1. The Labute approximate surface area is 120 Å². The van der Waals surface area contributed by atoms with E-state index >= 15 is 0 Å². The fourth-order valence-corrected chi connectivity index (χ4v) is 3.16. The maximum absolute atomic E-state index is 13.3. The number of hydrogen-bond acceptors (Lipinski definition) is 3. The first-order valence-corrected chi connectivity index (χ1v) is 7.09. The van der Waals surface area contributed by atoms with Crippen molar-refractivity contribution in [3.63, 3.8) is 0 Å². The van der Waals surface area contributed by atoms with Crippen LogP contribution in [0.2, 0.25) is 0 Å². The Balaban J connectivity index is 2.13. The third-order valence-electron chi connectivity index (χ3n) is 4.53. The molecule has 1 amide bonds. The fourth-order valence-electron chi connectivity index (χ4n) is 3.16. The minimum atomic E-state index is -4.64. The Kier molecular flexibility index (Phi) is 4.46. The van der Waals surface area contributed by atoms with E-state index < -0.39 is 42.0 Å². The van der Waals surface area contributed by atoms with Crippen molar-refractivity contribution >= 4 is 11.9 Å². The number of amides is 1. The van der Waals surface area contributed by atoms with Gasteiger partial charge in [0.25, 0.3) is 0 Å². The highest BCUT2D eigenvalue weighted by molar-refractivity contribution is 5.85. The van der Waals surface area contributed by atoms with Crippen molar-refractivity contribution in [2.45, 2.75) is 44.3 Å². The summed E-state index contributed by atoms with van der Waals surface area (Å²) in [5, 5.41) is 14.1. The number of nitrogens with one attached hydrogen (secondary N) is 2. The summed E-state index contributed by atoms with van der Waals surface area (Å²) in [5.41, 5.74) is -2.44. The van der Waals surface area contributed by atoms with E-state index in [9.17, 15) is 22.8 Å².